The van der Waals surface area contributed by atoms with Crippen LogP contribution in [-0.4, -0.2) is 58.9 Å². The monoisotopic (exact) mass is 778 g/mol. The Labute approximate surface area is 335 Å². The third-order valence-electron chi connectivity index (χ3n) is 10.9. The van der Waals surface area contributed by atoms with Crippen molar-refractivity contribution in [3.05, 3.63) is 168 Å². The van der Waals surface area contributed by atoms with E-state index >= 15 is 9.59 Å². The van der Waals surface area contributed by atoms with Crippen molar-refractivity contribution < 1.29 is 48.5 Å². The standard InChI is InChI=1S/C48H42O10/c1-3-57-45(55)48(46(56)58-4-2,40(34-19-9-6-10-20-34)30-42(50)38-26-24-32-16-12-14-22-36(32)28-38)47(43(51)52,44(53)54)39(33-17-7-5-8-18-33)29-41(49)37-25-23-31-15-11-13-21-35(31)27-37/h5-28,39-40H,3-4,29-30H2,1-2H3,(H,51,52)(H,53,54). The molecular formula is C48H42O10. The summed E-state index contributed by atoms with van der Waals surface area (Å²) < 4.78 is 11.2. The van der Waals surface area contributed by atoms with Crippen LogP contribution in [0.2, 0.25) is 0 Å². The number of esters is 2. The van der Waals surface area contributed by atoms with Crippen molar-refractivity contribution in [3.63, 3.8) is 0 Å². The molecule has 0 amide bonds. The molecule has 0 bridgehead atoms. The zero-order valence-electron chi connectivity index (χ0n) is 32.0. The molecule has 0 aliphatic heterocycles. The summed E-state index contributed by atoms with van der Waals surface area (Å²) in [5.41, 5.74) is -6.42. The molecule has 0 fully saturated rings. The van der Waals surface area contributed by atoms with Crippen molar-refractivity contribution in [2.45, 2.75) is 38.5 Å². The Balaban J connectivity index is 1.68. The van der Waals surface area contributed by atoms with Crippen LogP contribution < -0.4 is 0 Å². The predicted molar refractivity (Wildman–Crippen MR) is 218 cm³/mol. The minimum Gasteiger partial charge on any atom is -0.480 e. The molecule has 2 atom stereocenters. The van der Waals surface area contributed by atoms with E-state index in [1.54, 1.807) is 84.9 Å². The maximum Gasteiger partial charge on any atom is 0.326 e. The van der Waals surface area contributed by atoms with Gasteiger partial charge in [0.05, 0.1) is 13.2 Å². The second kappa shape index (κ2) is 17.5. The van der Waals surface area contributed by atoms with Gasteiger partial charge in [0.25, 0.3) is 0 Å². The highest BCUT2D eigenvalue weighted by Crippen LogP contribution is 2.61. The molecule has 294 valence electrons. The van der Waals surface area contributed by atoms with Gasteiger partial charge < -0.3 is 19.7 Å². The molecule has 6 aromatic carbocycles. The van der Waals surface area contributed by atoms with Gasteiger partial charge in [0, 0.05) is 35.8 Å². The molecule has 2 N–H and O–H groups in total. The van der Waals surface area contributed by atoms with Crippen LogP contribution in [-0.2, 0) is 28.7 Å². The first kappa shape index (κ1) is 40.7. The fourth-order valence-electron chi connectivity index (χ4n) is 8.20. The Morgan fingerprint density at radius 3 is 1.17 bits per heavy atom. The first-order chi connectivity index (χ1) is 28.0. The van der Waals surface area contributed by atoms with E-state index in [1.165, 1.54) is 50.2 Å². The van der Waals surface area contributed by atoms with E-state index in [9.17, 15) is 29.4 Å². The second-order valence-electron chi connectivity index (χ2n) is 14.0. The maximum atomic E-state index is 15.1. The molecule has 6 aromatic rings. The lowest BCUT2D eigenvalue weighted by molar-refractivity contribution is -0.205. The van der Waals surface area contributed by atoms with Crippen LogP contribution in [0.15, 0.2) is 146 Å². The van der Waals surface area contributed by atoms with Gasteiger partial charge in [-0.2, -0.15) is 0 Å². The molecule has 0 saturated carbocycles. The van der Waals surface area contributed by atoms with Crippen molar-refractivity contribution in [1.29, 1.82) is 0 Å². The Bertz CT molecular complexity index is 2460. The summed E-state index contributed by atoms with van der Waals surface area (Å²) in [6.45, 7) is 2.04. The number of benzene rings is 6. The smallest absolute Gasteiger partial charge is 0.326 e. The zero-order valence-corrected chi connectivity index (χ0v) is 32.0. The Morgan fingerprint density at radius 2 is 0.810 bits per heavy atom. The van der Waals surface area contributed by atoms with E-state index in [4.69, 9.17) is 9.47 Å². The molecule has 0 aliphatic carbocycles. The van der Waals surface area contributed by atoms with Crippen molar-refractivity contribution in [3.8, 4) is 0 Å². The molecule has 0 spiro atoms. The topological polar surface area (TPSA) is 161 Å². The van der Waals surface area contributed by atoms with Gasteiger partial charge in [-0.05, 0) is 58.7 Å². The average molecular weight is 779 g/mol. The summed E-state index contributed by atoms with van der Waals surface area (Å²) in [7, 11) is 0. The van der Waals surface area contributed by atoms with Crippen molar-refractivity contribution in [2.75, 3.05) is 13.2 Å². The number of ketones is 2. The minimum absolute atomic E-state index is 0.0343. The highest BCUT2D eigenvalue weighted by Gasteiger charge is 2.78. The molecule has 0 saturated heterocycles. The number of Topliss-reactive ketones (excluding diaryl/α,β-unsaturated/α-hetero) is 2. The number of hydrogen-bond donors (Lipinski definition) is 2. The first-order valence-corrected chi connectivity index (χ1v) is 19.0. The summed E-state index contributed by atoms with van der Waals surface area (Å²) in [5.74, 6) is -12.3. The fourth-order valence-corrected chi connectivity index (χ4v) is 8.20. The number of carbonyl (C=O) groups excluding carboxylic acids is 4. The van der Waals surface area contributed by atoms with Gasteiger partial charge in [-0.3, -0.25) is 28.8 Å². The predicted octanol–water partition coefficient (Wildman–Crippen LogP) is 8.67. The zero-order chi connectivity index (χ0) is 41.5. The summed E-state index contributed by atoms with van der Waals surface area (Å²) in [4.78, 5) is 88.4. The van der Waals surface area contributed by atoms with Gasteiger partial charge in [-0.1, -0.05) is 133 Å². The van der Waals surface area contributed by atoms with Crippen LogP contribution >= 0.6 is 0 Å². The molecule has 0 radical (unpaired) electrons. The number of hydrogen-bond acceptors (Lipinski definition) is 8. The number of rotatable bonds is 17. The van der Waals surface area contributed by atoms with Gasteiger partial charge in [0.1, 0.15) is 0 Å². The summed E-state index contributed by atoms with van der Waals surface area (Å²) in [6.07, 6.45) is -1.52. The van der Waals surface area contributed by atoms with Gasteiger partial charge in [-0.15, -0.1) is 0 Å². The van der Waals surface area contributed by atoms with Gasteiger partial charge in [0.15, 0.2) is 22.4 Å². The molecule has 6 rings (SSSR count). The third kappa shape index (κ3) is 7.36. The lowest BCUT2D eigenvalue weighted by Gasteiger charge is -2.48. The summed E-state index contributed by atoms with van der Waals surface area (Å²) in [5, 5.41) is 26.5. The number of carboxylic acids is 2. The number of fused-ring (bicyclic) bond motifs is 2. The Hall–Kier alpha value is -6.94. The fraction of sp³-hybridized carbons (Fsp3) is 0.208. The van der Waals surface area contributed by atoms with E-state index in [1.807, 2.05) is 24.3 Å². The summed E-state index contributed by atoms with van der Waals surface area (Å²) in [6, 6.07) is 39.7. The molecule has 58 heavy (non-hydrogen) atoms. The van der Waals surface area contributed by atoms with Crippen LogP contribution in [0.5, 0.6) is 0 Å². The van der Waals surface area contributed by atoms with Gasteiger partial charge >= 0.3 is 23.9 Å². The van der Waals surface area contributed by atoms with Gasteiger partial charge in [0.2, 0.25) is 0 Å². The van der Waals surface area contributed by atoms with Gasteiger partial charge in [-0.25, -0.2) is 0 Å². The highest BCUT2D eigenvalue weighted by molar-refractivity contribution is 6.16. The molecule has 10 heteroatoms. The SMILES string of the molecule is CCOC(=O)C(C(=O)OCC)(C(CC(=O)c1ccc2ccccc2c1)c1ccccc1)C(C(=O)O)(C(=O)O)C(CC(=O)c1ccc2ccccc2c1)c1ccccc1. The summed E-state index contributed by atoms with van der Waals surface area (Å²) >= 11 is 0. The average Bonchev–Trinajstić information content (AvgIpc) is 3.24. The van der Waals surface area contributed by atoms with E-state index < -0.39 is 84.2 Å². The van der Waals surface area contributed by atoms with E-state index in [2.05, 4.69) is 0 Å². The van der Waals surface area contributed by atoms with Crippen molar-refractivity contribution in [2.24, 2.45) is 10.8 Å². The molecule has 0 aromatic heterocycles. The highest BCUT2D eigenvalue weighted by atomic mass is 16.6. The van der Waals surface area contributed by atoms with E-state index in [0.29, 0.717) is 10.8 Å². The van der Waals surface area contributed by atoms with Crippen molar-refractivity contribution >= 4 is 57.0 Å². The third-order valence-corrected chi connectivity index (χ3v) is 10.9. The lowest BCUT2D eigenvalue weighted by atomic mass is 9.48. The van der Waals surface area contributed by atoms with Crippen molar-refractivity contribution in [1.82, 2.24) is 0 Å². The van der Waals surface area contributed by atoms with E-state index in [0.717, 1.165) is 10.8 Å². The minimum atomic E-state index is -3.54. The normalized spacial score (nSPS) is 12.7. The Morgan fingerprint density at radius 1 is 0.466 bits per heavy atom. The molecular weight excluding hydrogens is 737 g/mol. The number of aliphatic carboxylic acids is 2. The number of carboxylic acid groups (broad SMARTS) is 2. The lowest BCUT2D eigenvalue weighted by Crippen LogP contribution is -2.67. The first-order valence-electron chi connectivity index (χ1n) is 19.0. The van der Waals surface area contributed by atoms with Crippen LogP contribution in [0.4, 0.5) is 0 Å². The quantitative estimate of drug-likeness (QED) is 0.0521. The number of carbonyl (C=O) groups is 6. The Kier molecular flexibility index (Phi) is 12.3. The molecule has 10 nitrogen and oxygen atoms in total. The van der Waals surface area contributed by atoms with Crippen LogP contribution in [0.3, 0.4) is 0 Å². The molecule has 0 aliphatic rings. The largest absolute Gasteiger partial charge is 0.480 e. The molecule has 0 heterocycles. The van der Waals surface area contributed by atoms with E-state index in [-0.39, 0.29) is 22.3 Å². The second-order valence-corrected chi connectivity index (χ2v) is 14.0. The van der Waals surface area contributed by atoms with Crippen LogP contribution in [0.1, 0.15) is 70.4 Å². The van der Waals surface area contributed by atoms with Crippen LogP contribution in [0.25, 0.3) is 21.5 Å². The molecule has 2 unspecified atom stereocenters. The maximum absolute atomic E-state index is 15.1. The van der Waals surface area contributed by atoms with Crippen LogP contribution in [0, 0.1) is 10.8 Å². The number of ether oxygens (including phenoxy) is 2.